The van der Waals surface area contributed by atoms with E-state index in [4.69, 9.17) is 21.1 Å². The van der Waals surface area contributed by atoms with Gasteiger partial charge in [-0.15, -0.1) is 11.3 Å². The number of thiophene rings is 1. The zero-order valence-electron chi connectivity index (χ0n) is 16.2. The summed E-state index contributed by atoms with van der Waals surface area (Å²) in [5.74, 6) is 0.918. The third kappa shape index (κ3) is 4.12. The van der Waals surface area contributed by atoms with E-state index in [9.17, 15) is 13.2 Å². The van der Waals surface area contributed by atoms with E-state index in [0.717, 1.165) is 21.6 Å². The highest BCUT2D eigenvalue weighted by atomic mass is 35.5. The van der Waals surface area contributed by atoms with Crippen molar-refractivity contribution in [3.63, 3.8) is 0 Å². The van der Waals surface area contributed by atoms with Gasteiger partial charge in [0.05, 0.1) is 14.6 Å². The number of fused-ring (bicyclic) bond motifs is 2. The molecule has 1 aromatic carbocycles. The Bertz CT molecular complexity index is 1200. The lowest BCUT2D eigenvalue weighted by molar-refractivity contribution is -0.120. The second-order valence-corrected chi connectivity index (χ2v) is 12.1. The van der Waals surface area contributed by atoms with Crippen molar-refractivity contribution in [1.29, 1.82) is 0 Å². The molecular formula is C19H18ClN3O5S3. The maximum Gasteiger partial charge on any atom is 0.252 e. The fraction of sp³-hybridized carbons (Fsp3) is 0.368. The lowest BCUT2D eigenvalue weighted by Crippen LogP contribution is -2.41. The highest BCUT2D eigenvalue weighted by Crippen LogP contribution is 2.38. The third-order valence-electron chi connectivity index (χ3n) is 5.25. The minimum atomic E-state index is -3.57. The summed E-state index contributed by atoms with van der Waals surface area (Å²) in [5, 5.41) is 3.39. The first-order chi connectivity index (χ1) is 14.9. The quantitative estimate of drug-likeness (QED) is 0.586. The number of hydrogen-bond acceptors (Lipinski definition) is 8. The van der Waals surface area contributed by atoms with Gasteiger partial charge in [-0.25, -0.2) is 13.4 Å². The Kier molecular flexibility index (Phi) is 5.55. The molecule has 1 saturated heterocycles. The highest BCUT2D eigenvalue weighted by molar-refractivity contribution is 7.91. The SMILES string of the molecule is O=C(Nc1nc2cc3c(cc2s1)OCCO3)C1CCN(S(=O)(=O)c2ccc(Cl)s2)CC1. The first-order valence-corrected chi connectivity index (χ1v) is 13.1. The Balaban J connectivity index is 1.24. The Morgan fingerprint density at radius 1 is 1.13 bits per heavy atom. The van der Waals surface area contributed by atoms with Crippen LogP contribution in [0, 0.1) is 5.92 Å². The van der Waals surface area contributed by atoms with Crippen LogP contribution in [0.15, 0.2) is 28.5 Å². The summed E-state index contributed by atoms with van der Waals surface area (Å²) < 4.78 is 39.6. The molecule has 8 nitrogen and oxygen atoms in total. The number of ether oxygens (including phenoxy) is 2. The largest absolute Gasteiger partial charge is 0.486 e. The number of sulfonamides is 1. The van der Waals surface area contributed by atoms with E-state index in [1.54, 1.807) is 6.07 Å². The van der Waals surface area contributed by atoms with Gasteiger partial charge in [-0.2, -0.15) is 4.31 Å². The van der Waals surface area contributed by atoms with E-state index in [0.29, 0.717) is 47.0 Å². The smallest absolute Gasteiger partial charge is 0.252 e. The summed E-state index contributed by atoms with van der Waals surface area (Å²) in [6.45, 7) is 1.59. The number of aromatic nitrogens is 1. The lowest BCUT2D eigenvalue weighted by Gasteiger charge is -2.29. The Hall–Kier alpha value is -1.92. The average molecular weight is 500 g/mol. The topological polar surface area (TPSA) is 97.8 Å². The van der Waals surface area contributed by atoms with Gasteiger partial charge in [0.1, 0.15) is 17.4 Å². The molecule has 31 heavy (non-hydrogen) atoms. The summed E-state index contributed by atoms with van der Waals surface area (Å²) in [6.07, 6.45) is 0.899. The van der Waals surface area contributed by atoms with Crippen LogP contribution in [0.2, 0.25) is 4.34 Å². The second kappa shape index (κ2) is 8.21. The van der Waals surface area contributed by atoms with Gasteiger partial charge in [-0.05, 0) is 25.0 Å². The number of hydrogen-bond donors (Lipinski definition) is 1. The highest BCUT2D eigenvalue weighted by Gasteiger charge is 2.33. The molecule has 0 aliphatic carbocycles. The van der Waals surface area contributed by atoms with E-state index >= 15 is 0 Å². The van der Waals surface area contributed by atoms with Crippen molar-refractivity contribution in [2.24, 2.45) is 5.92 Å². The number of benzene rings is 1. The zero-order valence-corrected chi connectivity index (χ0v) is 19.4. The van der Waals surface area contributed by atoms with Crippen molar-refractivity contribution in [2.75, 3.05) is 31.6 Å². The Morgan fingerprint density at radius 2 is 1.84 bits per heavy atom. The molecule has 0 spiro atoms. The van der Waals surface area contributed by atoms with Crippen LogP contribution in [0.3, 0.4) is 0 Å². The molecule has 2 aliphatic rings. The molecule has 1 amide bonds. The van der Waals surface area contributed by atoms with Crippen LogP contribution in [0.25, 0.3) is 10.2 Å². The van der Waals surface area contributed by atoms with E-state index in [1.807, 2.05) is 12.1 Å². The van der Waals surface area contributed by atoms with Crippen LogP contribution < -0.4 is 14.8 Å². The molecule has 12 heteroatoms. The van der Waals surface area contributed by atoms with E-state index in [2.05, 4.69) is 10.3 Å². The van der Waals surface area contributed by atoms with Crippen molar-refractivity contribution in [3.8, 4) is 11.5 Å². The molecule has 2 aromatic heterocycles. The van der Waals surface area contributed by atoms with Crippen molar-refractivity contribution in [2.45, 2.75) is 17.1 Å². The number of piperidine rings is 1. The standard InChI is InChI=1S/C19H18ClN3O5S3/c20-16-1-2-17(30-16)31(25,26)23-5-3-11(4-6-23)18(24)22-19-21-12-9-13-14(10-15(12)29-19)28-8-7-27-13/h1-2,9-11H,3-8H2,(H,21,22,24). The van der Waals surface area contributed by atoms with E-state index in [-0.39, 0.29) is 29.1 Å². The molecule has 0 bridgehead atoms. The van der Waals surface area contributed by atoms with Gasteiger partial charge in [-0.1, -0.05) is 22.9 Å². The number of rotatable bonds is 4. The fourth-order valence-electron chi connectivity index (χ4n) is 3.65. The normalized spacial score (nSPS) is 17.7. The van der Waals surface area contributed by atoms with E-state index < -0.39 is 10.0 Å². The second-order valence-electron chi connectivity index (χ2n) is 7.21. The minimum Gasteiger partial charge on any atom is -0.486 e. The molecule has 5 rings (SSSR count). The summed E-state index contributed by atoms with van der Waals surface area (Å²) in [7, 11) is -3.57. The molecule has 1 fully saturated rings. The predicted octanol–water partition coefficient (Wildman–Crippen LogP) is 3.82. The van der Waals surface area contributed by atoms with Gasteiger partial charge in [0, 0.05) is 31.1 Å². The maximum atomic E-state index is 12.8. The van der Waals surface area contributed by atoms with Gasteiger partial charge in [0.2, 0.25) is 5.91 Å². The predicted molar refractivity (Wildman–Crippen MR) is 120 cm³/mol. The number of carbonyl (C=O) groups is 1. The van der Waals surface area contributed by atoms with Gasteiger partial charge < -0.3 is 14.8 Å². The number of amides is 1. The number of nitrogens with zero attached hydrogens (tertiary/aromatic N) is 2. The molecule has 164 valence electrons. The fourth-order valence-corrected chi connectivity index (χ4v) is 7.63. The van der Waals surface area contributed by atoms with Crippen molar-refractivity contribution in [3.05, 3.63) is 28.6 Å². The molecule has 2 aliphatic heterocycles. The van der Waals surface area contributed by atoms with Gasteiger partial charge >= 0.3 is 0 Å². The summed E-state index contributed by atoms with van der Waals surface area (Å²) in [6, 6.07) is 6.78. The van der Waals surface area contributed by atoms with Gasteiger partial charge in [0.15, 0.2) is 16.6 Å². The average Bonchev–Trinajstić information content (AvgIpc) is 3.37. The van der Waals surface area contributed by atoms with Crippen LogP contribution >= 0.6 is 34.3 Å². The summed E-state index contributed by atoms with van der Waals surface area (Å²) in [5.41, 5.74) is 0.736. The summed E-state index contributed by atoms with van der Waals surface area (Å²) >= 11 is 8.29. The number of thiazole rings is 1. The number of halogens is 1. The van der Waals surface area contributed by atoms with Crippen molar-refractivity contribution in [1.82, 2.24) is 9.29 Å². The first kappa shape index (κ1) is 21.0. The molecule has 0 unspecified atom stereocenters. The third-order valence-corrected chi connectivity index (χ3v) is 9.78. The Morgan fingerprint density at radius 3 is 2.52 bits per heavy atom. The number of anilines is 1. The maximum absolute atomic E-state index is 12.8. The molecule has 3 aromatic rings. The van der Waals surface area contributed by atoms with Crippen LogP contribution in [-0.2, 0) is 14.8 Å². The molecule has 0 saturated carbocycles. The molecule has 1 N–H and O–H groups in total. The molecule has 0 atom stereocenters. The van der Waals surface area contributed by atoms with Crippen LogP contribution in [0.1, 0.15) is 12.8 Å². The van der Waals surface area contributed by atoms with Crippen molar-refractivity contribution >= 4 is 65.6 Å². The lowest BCUT2D eigenvalue weighted by atomic mass is 9.97. The first-order valence-electron chi connectivity index (χ1n) is 9.67. The van der Waals surface area contributed by atoms with Crippen molar-refractivity contribution < 1.29 is 22.7 Å². The zero-order chi connectivity index (χ0) is 21.6. The minimum absolute atomic E-state index is 0.146. The van der Waals surface area contributed by atoms with Gasteiger partial charge in [-0.3, -0.25) is 4.79 Å². The number of nitrogens with one attached hydrogen (secondary N) is 1. The number of carbonyl (C=O) groups excluding carboxylic acids is 1. The summed E-state index contributed by atoms with van der Waals surface area (Å²) in [4.78, 5) is 17.2. The van der Waals surface area contributed by atoms with E-state index in [1.165, 1.54) is 21.7 Å². The molecule has 4 heterocycles. The molecule has 0 radical (unpaired) electrons. The van der Waals surface area contributed by atoms with Crippen LogP contribution in [0.5, 0.6) is 11.5 Å². The van der Waals surface area contributed by atoms with Gasteiger partial charge in [0.25, 0.3) is 10.0 Å². The Labute approximate surface area is 191 Å². The molecular weight excluding hydrogens is 482 g/mol. The monoisotopic (exact) mass is 499 g/mol. The van der Waals surface area contributed by atoms with Crippen LogP contribution in [0.4, 0.5) is 5.13 Å². The van der Waals surface area contributed by atoms with Crippen LogP contribution in [-0.4, -0.2) is 49.9 Å².